The predicted octanol–water partition coefficient (Wildman–Crippen LogP) is 2.30. The number of carboxylic acid groups (broad SMARTS) is 1. The van der Waals surface area contributed by atoms with Crippen LogP contribution in [0.3, 0.4) is 0 Å². The van der Waals surface area contributed by atoms with Gasteiger partial charge in [0.15, 0.2) is 0 Å². The van der Waals surface area contributed by atoms with E-state index in [-0.39, 0.29) is 22.1 Å². The van der Waals surface area contributed by atoms with E-state index in [1.807, 2.05) is 0 Å². The minimum absolute atomic E-state index is 0.179. The van der Waals surface area contributed by atoms with E-state index in [2.05, 4.69) is 5.32 Å². The maximum Gasteiger partial charge on any atom is 0.316 e. The molecule has 1 atom stereocenters. The van der Waals surface area contributed by atoms with Gasteiger partial charge in [-0.15, -0.1) is 11.8 Å². The molecule has 0 fully saturated rings. The molecule has 1 unspecified atom stereocenters. The van der Waals surface area contributed by atoms with E-state index in [0.29, 0.717) is 13.0 Å². The molecule has 0 heterocycles. The summed E-state index contributed by atoms with van der Waals surface area (Å²) in [5, 5.41) is 21.9. The summed E-state index contributed by atoms with van der Waals surface area (Å²) in [6.07, 6.45) is 0.322. The van der Waals surface area contributed by atoms with Crippen molar-refractivity contribution in [2.75, 3.05) is 6.54 Å². The van der Waals surface area contributed by atoms with Crippen LogP contribution in [0.5, 0.6) is 0 Å². The molecule has 0 bridgehead atoms. The van der Waals surface area contributed by atoms with E-state index in [0.717, 1.165) is 11.8 Å². The quantitative estimate of drug-likeness (QED) is 0.454. The molecular formula is C13H16N2O5S. The SMILES string of the molecule is CCNC(=O)c1ccc([N+](=O)[O-])c(SC(CC)C(=O)O)c1. The largest absolute Gasteiger partial charge is 0.480 e. The van der Waals surface area contributed by atoms with Crippen LogP contribution in [0, 0.1) is 10.1 Å². The van der Waals surface area contributed by atoms with Gasteiger partial charge in [0, 0.05) is 18.2 Å². The number of benzene rings is 1. The molecule has 21 heavy (non-hydrogen) atoms. The zero-order chi connectivity index (χ0) is 16.0. The molecule has 0 aliphatic rings. The molecule has 1 amide bonds. The third kappa shape index (κ3) is 4.45. The minimum Gasteiger partial charge on any atom is -0.480 e. The Morgan fingerprint density at radius 3 is 2.57 bits per heavy atom. The molecule has 0 spiro atoms. The lowest BCUT2D eigenvalue weighted by atomic mass is 10.2. The highest BCUT2D eigenvalue weighted by Gasteiger charge is 2.23. The highest BCUT2D eigenvalue weighted by atomic mass is 32.2. The molecule has 1 aromatic carbocycles. The van der Waals surface area contributed by atoms with Crippen LogP contribution in [-0.4, -0.2) is 33.7 Å². The highest BCUT2D eigenvalue weighted by molar-refractivity contribution is 8.00. The Hall–Kier alpha value is -2.09. The van der Waals surface area contributed by atoms with Crippen molar-refractivity contribution < 1.29 is 19.6 Å². The lowest BCUT2D eigenvalue weighted by molar-refractivity contribution is -0.387. The number of thioether (sulfide) groups is 1. The molecule has 0 aliphatic carbocycles. The first-order valence-corrected chi connectivity index (χ1v) is 7.24. The normalized spacial score (nSPS) is 11.7. The van der Waals surface area contributed by atoms with Gasteiger partial charge < -0.3 is 10.4 Å². The van der Waals surface area contributed by atoms with Crippen molar-refractivity contribution in [3.8, 4) is 0 Å². The van der Waals surface area contributed by atoms with E-state index >= 15 is 0 Å². The summed E-state index contributed by atoms with van der Waals surface area (Å²) in [5.41, 5.74) is 0.0675. The molecular weight excluding hydrogens is 296 g/mol. The number of carboxylic acids is 1. The molecule has 0 aliphatic heterocycles. The van der Waals surface area contributed by atoms with Gasteiger partial charge in [-0.1, -0.05) is 6.92 Å². The van der Waals surface area contributed by atoms with Gasteiger partial charge >= 0.3 is 5.97 Å². The van der Waals surface area contributed by atoms with Gasteiger partial charge in [0.25, 0.3) is 11.6 Å². The van der Waals surface area contributed by atoms with Gasteiger partial charge in [-0.25, -0.2) is 0 Å². The second-order valence-electron chi connectivity index (χ2n) is 4.15. The molecule has 0 saturated heterocycles. The fourth-order valence-electron chi connectivity index (χ4n) is 1.62. The number of carbonyl (C=O) groups excluding carboxylic acids is 1. The van der Waals surface area contributed by atoms with Crippen molar-refractivity contribution in [1.82, 2.24) is 5.32 Å². The van der Waals surface area contributed by atoms with Crippen molar-refractivity contribution in [2.45, 2.75) is 30.4 Å². The van der Waals surface area contributed by atoms with Gasteiger partial charge in [-0.2, -0.15) is 0 Å². The molecule has 0 aromatic heterocycles. The van der Waals surface area contributed by atoms with Crippen molar-refractivity contribution >= 4 is 29.3 Å². The maximum atomic E-state index is 11.8. The Morgan fingerprint density at radius 2 is 2.10 bits per heavy atom. The molecule has 2 N–H and O–H groups in total. The summed E-state index contributed by atoms with van der Waals surface area (Å²) in [6.45, 7) is 3.88. The fraction of sp³-hybridized carbons (Fsp3) is 0.385. The smallest absolute Gasteiger partial charge is 0.316 e. The lowest BCUT2D eigenvalue weighted by Crippen LogP contribution is -2.22. The number of rotatable bonds is 7. The van der Waals surface area contributed by atoms with E-state index in [9.17, 15) is 19.7 Å². The Kier molecular flexibility index (Phi) is 6.16. The van der Waals surface area contributed by atoms with Crippen LogP contribution in [0.15, 0.2) is 23.1 Å². The van der Waals surface area contributed by atoms with Crippen molar-refractivity contribution in [3.05, 3.63) is 33.9 Å². The van der Waals surface area contributed by atoms with Crippen LogP contribution in [-0.2, 0) is 4.79 Å². The summed E-state index contributed by atoms with van der Waals surface area (Å²) in [4.78, 5) is 33.4. The maximum absolute atomic E-state index is 11.8. The number of hydrogen-bond donors (Lipinski definition) is 2. The van der Waals surface area contributed by atoms with E-state index < -0.39 is 16.1 Å². The summed E-state index contributed by atoms with van der Waals surface area (Å²) in [5.74, 6) is -1.39. The van der Waals surface area contributed by atoms with Gasteiger partial charge in [0.1, 0.15) is 5.25 Å². The Bertz CT molecular complexity index is 561. The summed E-state index contributed by atoms with van der Waals surface area (Å²) in [6, 6.07) is 3.94. The van der Waals surface area contributed by atoms with Gasteiger partial charge in [0.05, 0.1) is 9.82 Å². The number of hydrogen-bond acceptors (Lipinski definition) is 5. The number of nitrogens with one attached hydrogen (secondary N) is 1. The van der Waals surface area contributed by atoms with Crippen molar-refractivity contribution in [1.29, 1.82) is 0 Å². The molecule has 1 rings (SSSR count). The number of carbonyl (C=O) groups is 2. The van der Waals surface area contributed by atoms with Crippen LogP contribution < -0.4 is 5.32 Å². The van der Waals surface area contributed by atoms with E-state index in [4.69, 9.17) is 5.11 Å². The standard InChI is InChI=1S/C13H16N2O5S/c1-3-10(13(17)18)21-11-7-8(12(16)14-4-2)5-6-9(11)15(19)20/h5-7,10H,3-4H2,1-2H3,(H,14,16)(H,17,18). The average Bonchev–Trinajstić information content (AvgIpc) is 2.44. The minimum atomic E-state index is -1.04. The molecule has 8 heteroatoms. The van der Waals surface area contributed by atoms with E-state index in [1.54, 1.807) is 13.8 Å². The van der Waals surface area contributed by atoms with Crippen LogP contribution >= 0.6 is 11.8 Å². The molecule has 1 aromatic rings. The summed E-state index contributed by atoms with van der Waals surface area (Å²) < 4.78 is 0. The Labute approximate surface area is 125 Å². The van der Waals surface area contributed by atoms with Crippen LogP contribution in [0.2, 0.25) is 0 Å². The molecule has 114 valence electrons. The Morgan fingerprint density at radius 1 is 1.43 bits per heavy atom. The topological polar surface area (TPSA) is 110 Å². The number of amides is 1. The monoisotopic (exact) mass is 312 g/mol. The van der Waals surface area contributed by atoms with Gasteiger partial charge in [0.2, 0.25) is 0 Å². The zero-order valence-corrected chi connectivity index (χ0v) is 12.5. The molecule has 7 nitrogen and oxygen atoms in total. The van der Waals surface area contributed by atoms with Crippen LogP contribution in [0.4, 0.5) is 5.69 Å². The number of nitro benzene ring substituents is 1. The second-order valence-corrected chi connectivity index (χ2v) is 5.40. The van der Waals surface area contributed by atoms with Crippen LogP contribution in [0.1, 0.15) is 30.6 Å². The molecule has 0 saturated carbocycles. The number of aliphatic carboxylic acids is 1. The highest BCUT2D eigenvalue weighted by Crippen LogP contribution is 2.34. The fourth-order valence-corrected chi connectivity index (χ4v) is 2.66. The van der Waals surface area contributed by atoms with Crippen molar-refractivity contribution in [2.24, 2.45) is 0 Å². The first-order valence-electron chi connectivity index (χ1n) is 6.36. The number of nitro groups is 1. The summed E-state index contributed by atoms with van der Waals surface area (Å²) in [7, 11) is 0. The predicted molar refractivity (Wildman–Crippen MR) is 78.7 cm³/mol. The van der Waals surface area contributed by atoms with Gasteiger partial charge in [-0.05, 0) is 25.5 Å². The van der Waals surface area contributed by atoms with Crippen LogP contribution in [0.25, 0.3) is 0 Å². The van der Waals surface area contributed by atoms with Gasteiger partial charge in [-0.3, -0.25) is 19.7 Å². The van der Waals surface area contributed by atoms with Crippen molar-refractivity contribution in [3.63, 3.8) is 0 Å². The summed E-state index contributed by atoms with van der Waals surface area (Å²) >= 11 is 0.880. The first kappa shape index (κ1) is 17.0. The Balaban J connectivity index is 3.18. The third-order valence-electron chi connectivity index (χ3n) is 2.67. The number of nitrogens with zero attached hydrogens (tertiary/aromatic N) is 1. The molecule has 0 radical (unpaired) electrons. The zero-order valence-electron chi connectivity index (χ0n) is 11.7. The average molecular weight is 312 g/mol. The third-order valence-corrected chi connectivity index (χ3v) is 4.07. The first-order chi connectivity index (χ1) is 9.90. The lowest BCUT2D eigenvalue weighted by Gasteiger charge is -2.11. The van der Waals surface area contributed by atoms with E-state index in [1.165, 1.54) is 18.2 Å². The second kappa shape index (κ2) is 7.63.